The van der Waals surface area contributed by atoms with Crippen LogP contribution in [0.3, 0.4) is 0 Å². The minimum Gasteiger partial charge on any atom is -0.399 e. The number of anilines is 1. The fourth-order valence-corrected chi connectivity index (χ4v) is 4.58. The van der Waals surface area contributed by atoms with Gasteiger partial charge in [-0.2, -0.15) is 0 Å². The first-order chi connectivity index (χ1) is 14.5. The van der Waals surface area contributed by atoms with Crippen molar-refractivity contribution in [2.45, 2.75) is 115 Å². The van der Waals surface area contributed by atoms with E-state index in [0.717, 1.165) is 19.3 Å². The second-order valence-corrected chi connectivity index (χ2v) is 9.98. The van der Waals surface area contributed by atoms with E-state index in [9.17, 15) is 13.2 Å². The molecule has 0 unspecified atom stereocenters. The van der Waals surface area contributed by atoms with Gasteiger partial charge in [-0.1, -0.05) is 96.8 Å². The van der Waals surface area contributed by atoms with Crippen LogP contribution in [0.25, 0.3) is 0 Å². The zero-order chi connectivity index (χ0) is 22.1. The van der Waals surface area contributed by atoms with Gasteiger partial charge in [0.15, 0.2) is 0 Å². The van der Waals surface area contributed by atoms with Crippen molar-refractivity contribution < 1.29 is 30.3 Å². The van der Waals surface area contributed by atoms with E-state index in [1.54, 1.807) is 0 Å². The molecule has 0 radical (unpaired) electrons. The van der Waals surface area contributed by atoms with E-state index in [-0.39, 0.29) is 34.5 Å². The largest absolute Gasteiger partial charge is 0.399 e. The summed E-state index contributed by atoms with van der Waals surface area (Å²) >= 11 is 0. The molecule has 0 saturated carbocycles. The topological polar surface area (TPSA) is 124 Å². The number of sulfonamides is 1. The van der Waals surface area contributed by atoms with E-state index in [2.05, 4.69) is 11.6 Å². The Morgan fingerprint density at radius 1 is 0.750 bits per heavy atom. The Balaban J connectivity index is 0. The summed E-state index contributed by atoms with van der Waals surface area (Å²) in [7, 11) is -3.80. The van der Waals surface area contributed by atoms with Crippen LogP contribution in [0.5, 0.6) is 0 Å². The molecule has 8 heteroatoms. The zero-order valence-electron chi connectivity index (χ0n) is 19.9. The van der Waals surface area contributed by atoms with Gasteiger partial charge in [-0.05, 0) is 30.7 Å². The first-order valence-corrected chi connectivity index (χ1v) is 13.3. The molecule has 0 bridgehead atoms. The molecule has 0 aliphatic heterocycles. The molecule has 188 valence electrons. The van der Waals surface area contributed by atoms with E-state index in [1.807, 2.05) is 0 Å². The van der Waals surface area contributed by atoms with Crippen molar-refractivity contribution in [3.8, 4) is 0 Å². The van der Waals surface area contributed by atoms with Gasteiger partial charge in [-0.25, -0.2) is 13.1 Å². The molecule has 0 saturated heterocycles. The number of hydrogen-bond donors (Lipinski definition) is 3. The molecular weight excluding hydrogens is 466 g/mol. The first-order valence-electron chi connectivity index (χ1n) is 11.9. The average Bonchev–Trinajstić information content (AvgIpc) is 2.71. The van der Waals surface area contributed by atoms with Crippen molar-refractivity contribution in [1.29, 1.82) is 0 Å². The zero-order valence-corrected chi connectivity index (χ0v) is 21.8. The molecule has 0 heterocycles. The average molecular weight is 512 g/mol. The number of nitrogens with two attached hydrogens (primary N) is 1. The van der Waals surface area contributed by atoms with E-state index < -0.39 is 15.9 Å². The van der Waals surface area contributed by atoms with Crippen LogP contribution in [0, 0.1) is 0 Å². The molecule has 0 aliphatic carbocycles. The predicted molar refractivity (Wildman–Crippen MR) is 131 cm³/mol. The van der Waals surface area contributed by atoms with Crippen LogP contribution in [-0.4, -0.2) is 14.3 Å². The monoisotopic (exact) mass is 511 g/mol. The van der Waals surface area contributed by atoms with Crippen molar-refractivity contribution in [3.05, 3.63) is 24.3 Å². The molecule has 1 aromatic rings. The van der Waals surface area contributed by atoms with Crippen LogP contribution in [-0.2, 0) is 31.9 Å². The number of rotatable bonds is 18. The van der Waals surface area contributed by atoms with Gasteiger partial charge in [-0.15, -0.1) is 0 Å². The first kappa shape index (κ1) is 33.1. The van der Waals surface area contributed by atoms with Crippen molar-refractivity contribution in [2.75, 3.05) is 5.73 Å². The van der Waals surface area contributed by atoms with Crippen molar-refractivity contribution in [1.82, 2.24) is 10.9 Å². The quantitative estimate of drug-likeness (QED) is 0.118. The van der Waals surface area contributed by atoms with Crippen molar-refractivity contribution in [2.24, 2.45) is 0 Å². The van der Waals surface area contributed by atoms with Crippen LogP contribution >= 0.6 is 0 Å². The maximum absolute atomic E-state index is 12.1. The minimum atomic E-state index is -3.80. The molecule has 1 amide bonds. The van der Waals surface area contributed by atoms with Crippen molar-refractivity contribution in [3.63, 3.8) is 0 Å². The van der Waals surface area contributed by atoms with Gasteiger partial charge < -0.3 is 11.9 Å². The summed E-state index contributed by atoms with van der Waals surface area (Å²) in [4.78, 5) is 12.0. The Kier molecular flexibility index (Phi) is 21.2. The number of unbranched alkanes of at least 4 members (excludes halogenated alkanes) is 14. The molecule has 0 atom stereocenters. The molecular formula is C24H45FeN3O3S. The summed E-state index contributed by atoms with van der Waals surface area (Å²) in [5.74, 6) is -0.443. The Morgan fingerprint density at radius 3 is 1.53 bits per heavy atom. The van der Waals surface area contributed by atoms with E-state index >= 15 is 0 Å². The van der Waals surface area contributed by atoms with Gasteiger partial charge in [0.2, 0.25) is 5.91 Å². The number of hydrogen-bond acceptors (Lipinski definition) is 5. The van der Waals surface area contributed by atoms with Gasteiger partial charge in [0, 0.05) is 29.2 Å². The smallest absolute Gasteiger partial charge is 0.264 e. The molecule has 1 aromatic carbocycles. The summed E-state index contributed by atoms with van der Waals surface area (Å²) in [5.41, 5.74) is 6.04. The molecule has 0 aliphatic rings. The van der Waals surface area contributed by atoms with Crippen LogP contribution < -0.4 is 16.6 Å². The third-order valence-electron chi connectivity index (χ3n) is 5.45. The molecule has 6 nitrogen and oxygen atoms in total. The van der Waals surface area contributed by atoms with Gasteiger partial charge in [0.05, 0.1) is 4.90 Å². The van der Waals surface area contributed by atoms with Crippen LogP contribution in [0.2, 0.25) is 0 Å². The summed E-state index contributed by atoms with van der Waals surface area (Å²) < 4.78 is 26.4. The number of nitrogens with one attached hydrogen (secondary N) is 1. The number of carbonyl (C=O) groups is 1. The number of nitrogen functional groups attached to an aromatic ring is 1. The number of amides is 1. The minimum absolute atomic E-state index is 0. The fourth-order valence-electron chi connectivity index (χ4n) is 3.56. The van der Waals surface area contributed by atoms with Crippen LogP contribution in [0.4, 0.5) is 5.69 Å². The maximum atomic E-state index is 12.1. The molecule has 6 N–H and O–H groups in total. The summed E-state index contributed by atoms with van der Waals surface area (Å²) in [6.07, 6.45) is 19.2. The molecule has 1 rings (SSSR count). The third-order valence-corrected chi connectivity index (χ3v) is 6.84. The maximum Gasteiger partial charge on any atom is 0.264 e. The SMILES string of the molecule is CCCCCCCCCCCCCCCCCC(=O)NS(=O)(=O)c1ccc(N)cc1.N.[Fe]. The number of benzene rings is 1. The fraction of sp³-hybridized carbons (Fsp3) is 0.708. The van der Waals surface area contributed by atoms with Gasteiger partial charge in [-0.3, -0.25) is 4.79 Å². The molecule has 0 fully saturated rings. The van der Waals surface area contributed by atoms with Gasteiger partial charge >= 0.3 is 0 Å². The standard InChI is InChI=1S/C24H42N2O3S.Fe.H3N/c1-2-3-4-5-6-7-8-9-10-11-12-13-14-15-16-17-24(27)26-30(28,29)23-20-18-22(25)19-21-23;;/h18-21H,2-17,25H2,1H3,(H,26,27);;1H3. The normalized spacial score (nSPS) is 10.8. The Hall–Kier alpha value is -1.08. The van der Waals surface area contributed by atoms with E-state index in [1.165, 1.54) is 101 Å². The van der Waals surface area contributed by atoms with Crippen LogP contribution in [0.15, 0.2) is 29.2 Å². The number of carbonyl (C=O) groups excluding carboxylic acids is 1. The second kappa shape index (κ2) is 20.5. The molecule has 0 aromatic heterocycles. The summed E-state index contributed by atoms with van der Waals surface area (Å²) in [5, 5.41) is 0. The van der Waals surface area contributed by atoms with Crippen LogP contribution in [0.1, 0.15) is 110 Å². The molecule has 0 spiro atoms. The third kappa shape index (κ3) is 16.5. The van der Waals surface area contributed by atoms with E-state index in [0.29, 0.717) is 5.69 Å². The van der Waals surface area contributed by atoms with Crippen molar-refractivity contribution >= 4 is 21.6 Å². The molecule has 32 heavy (non-hydrogen) atoms. The van der Waals surface area contributed by atoms with E-state index in [4.69, 9.17) is 5.73 Å². The summed E-state index contributed by atoms with van der Waals surface area (Å²) in [6.45, 7) is 2.26. The second-order valence-electron chi connectivity index (χ2n) is 8.30. The predicted octanol–water partition coefficient (Wildman–Crippen LogP) is 6.49. The summed E-state index contributed by atoms with van der Waals surface area (Å²) in [6, 6.07) is 5.82. The van der Waals surface area contributed by atoms with Gasteiger partial charge in [0.1, 0.15) is 0 Å². The Morgan fingerprint density at radius 2 is 1.12 bits per heavy atom. The Labute approximate surface area is 207 Å². The Bertz CT molecular complexity index is 682. The van der Waals surface area contributed by atoms with Gasteiger partial charge in [0.25, 0.3) is 10.0 Å².